The summed E-state index contributed by atoms with van der Waals surface area (Å²) >= 11 is 3.38. The fourth-order valence-corrected chi connectivity index (χ4v) is 3.88. The van der Waals surface area contributed by atoms with Crippen LogP contribution in [-0.2, 0) is 17.7 Å². The first-order valence-corrected chi connectivity index (χ1v) is 11.0. The molecule has 158 valence electrons. The molecule has 0 amide bonds. The molecule has 4 aromatic rings. The minimum Gasteiger partial charge on any atom is -0.465 e. The number of fused-ring (bicyclic) bond motifs is 1. The molecule has 0 radical (unpaired) electrons. The van der Waals surface area contributed by atoms with Crippen LogP contribution in [0.25, 0.3) is 22.4 Å². The number of nitrogens with zero attached hydrogens (tertiary/aromatic N) is 4. The molecule has 2 heterocycles. The minimum atomic E-state index is -0.338. The van der Waals surface area contributed by atoms with Gasteiger partial charge in [0.15, 0.2) is 11.3 Å². The van der Waals surface area contributed by atoms with E-state index in [9.17, 15) is 4.79 Å². The fourth-order valence-electron chi connectivity index (χ4n) is 3.61. The average molecular weight is 479 g/mol. The summed E-state index contributed by atoms with van der Waals surface area (Å²) in [6.45, 7) is 2.83. The predicted octanol–water partition coefficient (Wildman–Crippen LogP) is 5.43. The van der Waals surface area contributed by atoms with E-state index < -0.39 is 0 Å². The summed E-state index contributed by atoms with van der Waals surface area (Å²) in [5, 5.41) is 0. The Morgan fingerprint density at radius 1 is 1.10 bits per heavy atom. The first-order chi connectivity index (χ1) is 15.1. The lowest BCUT2D eigenvalue weighted by Crippen LogP contribution is -2.06. The summed E-state index contributed by atoms with van der Waals surface area (Å²) < 4.78 is 7.74. The third-order valence-electron chi connectivity index (χ3n) is 5.20. The molecule has 0 bridgehead atoms. The van der Waals surface area contributed by atoms with E-state index in [0.717, 1.165) is 47.4 Å². The van der Waals surface area contributed by atoms with Gasteiger partial charge in [-0.05, 0) is 45.1 Å². The molecule has 0 N–H and O–H groups in total. The highest BCUT2D eigenvalue weighted by atomic mass is 79.9. The van der Waals surface area contributed by atoms with Crippen LogP contribution in [0.3, 0.4) is 0 Å². The molecule has 0 atom stereocenters. The zero-order valence-electron chi connectivity index (χ0n) is 17.5. The average Bonchev–Trinajstić information content (AvgIpc) is 3.13. The molecular weight excluding hydrogens is 456 g/mol. The molecule has 0 unspecified atom stereocenters. The number of ether oxygens (including phenoxy) is 1. The third kappa shape index (κ3) is 4.51. The quantitative estimate of drug-likeness (QED) is 0.331. The highest BCUT2D eigenvalue weighted by Crippen LogP contribution is 2.25. The molecule has 0 spiro atoms. The van der Waals surface area contributed by atoms with Gasteiger partial charge in [0.25, 0.3) is 0 Å². The first-order valence-electron chi connectivity index (χ1n) is 10.2. The molecule has 31 heavy (non-hydrogen) atoms. The number of esters is 1. The molecule has 4 rings (SSSR count). The van der Waals surface area contributed by atoms with Gasteiger partial charge in [0.2, 0.25) is 0 Å². The summed E-state index contributed by atoms with van der Waals surface area (Å²) in [6, 6.07) is 15.7. The molecule has 0 aliphatic heterocycles. The van der Waals surface area contributed by atoms with Crippen molar-refractivity contribution < 1.29 is 9.53 Å². The van der Waals surface area contributed by atoms with Gasteiger partial charge in [-0.1, -0.05) is 55.8 Å². The second kappa shape index (κ2) is 9.39. The van der Waals surface area contributed by atoms with Crippen molar-refractivity contribution in [1.82, 2.24) is 19.5 Å². The third-order valence-corrected chi connectivity index (χ3v) is 5.58. The van der Waals surface area contributed by atoms with Crippen molar-refractivity contribution in [2.24, 2.45) is 0 Å². The molecule has 0 fully saturated rings. The number of carbonyl (C=O) groups excluding carboxylic acids is 1. The summed E-state index contributed by atoms with van der Waals surface area (Å²) in [4.78, 5) is 25.9. The van der Waals surface area contributed by atoms with E-state index in [1.807, 2.05) is 30.3 Å². The molecule has 2 aromatic heterocycles. The first kappa shape index (κ1) is 21.2. The normalized spacial score (nSPS) is 11.1. The maximum absolute atomic E-state index is 12.1. The Morgan fingerprint density at radius 3 is 2.61 bits per heavy atom. The van der Waals surface area contributed by atoms with E-state index in [2.05, 4.69) is 49.5 Å². The Kier molecular flexibility index (Phi) is 6.42. The number of hydrogen-bond donors (Lipinski definition) is 0. The van der Waals surface area contributed by atoms with Crippen molar-refractivity contribution in [2.45, 2.75) is 32.7 Å². The fraction of sp³-hybridized carbons (Fsp3) is 0.250. The number of aryl methyl sites for hydroxylation is 1. The molecule has 6 nitrogen and oxygen atoms in total. The Morgan fingerprint density at radius 2 is 1.87 bits per heavy atom. The second-order valence-electron chi connectivity index (χ2n) is 7.29. The van der Waals surface area contributed by atoms with Crippen LogP contribution in [0.4, 0.5) is 0 Å². The van der Waals surface area contributed by atoms with Crippen molar-refractivity contribution in [2.75, 3.05) is 7.11 Å². The van der Waals surface area contributed by atoms with Crippen LogP contribution in [-0.4, -0.2) is 32.6 Å². The van der Waals surface area contributed by atoms with Crippen LogP contribution in [0.2, 0.25) is 0 Å². The van der Waals surface area contributed by atoms with Crippen LogP contribution >= 0.6 is 15.9 Å². The van der Waals surface area contributed by atoms with E-state index >= 15 is 0 Å². The smallest absolute Gasteiger partial charge is 0.338 e. The molecule has 0 aliphatic carbocycles. The van der Waals surface area contributed by atoms with E-state index in [0.29, 0.717) is 22.4 Å². The highest BCUT2D eigenvalue weighted by molar-refractivity contribution is 9.10. The van der Waals surface area contributed by atoms with Crippen molar-refractivity contribution in [1.29, 1.82) is 0 Å². The van der Waals surface area contributed by atoms with Gasteiger partial charge in [-0.3, -0.25) is 0 Å². The van der Waals surface area contributed by atoms with Crippen molar-refractivity contribution in [3.63, 3.8) is 0 Å². The molecule has 0 saturated carbocycles. The van der Waals surface area contributed by atoms with E-state index in [4.69, 9.17) is 9.72 Å². The van der Waals surface area contributed by atoms with Gasteiger partial charge < -0.3 is 9.30 Å². The Labute approximate surface area is 189 Å². The summed E-state index contributed by atoms with van der Waals surface area (Å²) in [5.74, 6) is 0.657. The molecule has 0 aliphatic rings. The van der Waals surface area contributed by atoms with Crippen LogP contribution < -0.4 is 0 Å². The largest absolute Gasteiger partial charge is 0.465 e. The topological polar surface area (TPSA) is 69.9 Å². The van der Waals surface area contributed by atoms with Crippen molar-refractivity contribution in [3.05, 3.63) is 76.3 Å². The summed E-state index contributed by atoms with van der Waals surface area (Å²) in [7, 11) is 1.40. The van der Waals surface area contributed by atoms with Crippen LogP contribution in [0.5, 0.6) is 0 Å². The van der Waals surface area contributed by atoms with E-state index in [1.54, 1.807) is 12.3 Å². The number of benzene rings is 2. The molecule has 0 saturated heterocycles. The second-order valence-corrected chi connectivity index (χ2v) is 8.10. The van der Waals surface area contributed by atoms with Crippen LogP contribution in [0.15, 0.2) is 59.3 Å². The summed E-state index contributed by atoms with van der Waals surface area (Å²) in [6.07, 6.45) is 4.75. The van der Waals surface area contributed by atoms with Gasteiger partial charge in [-0.25, -0.2) is 19.7 Å². The lowest BCUT2D eigenvalue weighted by atomic mass is 9.98. The van der Waals surface area contributed by atoms with Crippen LogP contribution in [0.1, 0.15) is 41.5 Å². The Balaban J connectivity index is 1.66. The molecule has 2 aromatic carbocycles. The number of halogens is 1. The number of aromatic nitrogens is 4. The van der Waals surface area contributed by atoms with Gasteiger partial charge >= 0.3 is 5.97 Å². The summed E-state index contributed by atoms with van der Waals surface area (Å²) in [5.41, 5.74) is 4.95. The Bertz CT molecular complexity index is 1220. The number of unbranched alkanes of at least 4 members (excludes halogenated alkanes) is 1. The Hall–Kier alpha value is -3.06. The zero-order chi connectivity index (χ0) is 21.8. The maximum atomic E-state index is 12.1. The minimum absolute atomic E-state index is 0.338. The zero-order valence-corrected chi connectivity index (χ0v) is 19.1. The highest BCUT2D eigenvalue weighted by Gasteiger charge is 2.15. The van der Waals surface area contributed by atoms with Crippen LogP contribution in [0, 0.1) is 0 Å². The number of rotatable bonds is 7. The van der Waals surface area contributed by atoms with E-state index in [1.165, 1.54) is 7.11 Å². The number of carbonyl (C=O) groups is 1. The number of imidazole rings is 1. The van der Waals surface area contributed by atoms with E-state index in [-0.39, 0.29) is 5.97 Å². The monoisotopic (exact) mass is 478 g/mol. The maximum Gasteiger partial charge on any atom is 0.338 e. The van der Waals surface area contributed by atoms with Gasteiger partial charge in [-0.2, -0.15) is 0 Å². The standard InChI is InChI=1S/C24H23BrN4O2/c1-3-4-9-21-28-22-23(26-14-20(25)27-22)29(21)15-16-10-12-17(13-11-16)18-7-5-6-8-19(18)24(30)31-2/h5-8,10-14H,3-4,9,15H2,1-2H3. The van der Waals surface area contributed by atoms with Crippen molar-refractivity contribution in [3.8, 4) is 11.1 Å². The van der Waals surface area contributed by atoms with Crippen molar-refractivity contribution >= 4 is 33.2 Å². The van der Waals surface area contributed by atoms with Gasteiger partial charge in [-0.15, -0.1) is 0 Å². The lowest BCUT2D eigenvalue weighted by Gasteiger charge is -2.11. The number of methoxy groups -OCH3 is 1. The predicted molar refractivity (Wildman–Crippen MR) is 124 cm³/mol. The number of hydrogen-bond acceptors (Lipinski definition) is 5. The molecule has 7 heteroatoms. The lowest BCUT2D eigenvalue weighted by molar-refractivity contribution is 0.0601. The van der Waals surface area contributed by atoms with Gasteiger partial charge in [0.05, 0.1) is 25.4 Å². The van der Waals surface area contributed by atoms with Gasteiger partial charge in [0, 0.05) is 6.42 Å². The van der Waals surface area contributed by atoms with Gasteiger partial charge in [0.1, 0.15) is 10.4 Å². The SMILES string of the molecule is CCCCc1nc2nc(Br)cnc2n1Cc1ccc(-c2ccccc2C(=O)OC)cc1. The molecular formula is C24H23BrN4O2.